The lowest BCUT2D eigenvalue weighted by molar-refractivity contribution is 0.404. The lowest BCUT2D eigenvalue weighted by Gasteiger charge is -1.91. The molecular formula is C8H13O2P. The average Bonchev–Trinajstić information content (AvgIpc) is 1.97. The molecule has 1 atom stereocenters. The predicted molar refractivity (Wildman–Crippen MR) is 50.0 cm³/mol. The molecule has 62 valence electrons. The molecule has 1 rings (SSSR count). The Hall–Kier alpha value is -0.750. The Balaban J connectivity index is 0.000000292. The maximum Gasteiger partial charge on any atom is 0.157 e. The van der Waals surface area contributed by atoms with Crippen LogP contribution in [-0.2, 0) is 0 Å². The second-order valence-electron chi connectivity index (χ2n) is 1.90. The third-order valence-electron chi connectivity index (χ3n) is 0.882. The molecule has 0 fully saturated rings. The highest BCUT2D eigenvalue weighted by Crippen LogP contribution is 2.21. The first kappa shape index (κ1) is 10.2. The Morgan fingerprint density at radius 3 is 1.64 bits per heavy atom. The molecule has 0 aliphatic heterocycles. The Morgan fingerprint density at radius 1 is 1.18 bits per heavy atom. The van der Waals surface area contributed by atoms with Crippen molar-refractivity contribution >= 4 is 9.24 Å². The molecule has 0 saturated heterocycles. The van der Waals surface area contributed by atoms with E-state index in [4.69, 9.17) is 10.2 Å². The number of aromatic hydroxyl groups is 2. The topological polar surface area (TPSA) is 40.5 Å². The smallest absolute Gasteiger partial charge is 0.157 e. The molecule has 0 saturated carbocycles. The van der Waals surface area contributed by atoms with Crippen molar-refractivity contribution in [2.45, 2.75) is 6.92 Å². The zero-order chi connectivity index (χ0) is 8.69. The maximum atomic E-state index is 8.67. The molecule has 2 nitrogen and oxygen atoms in total. The molecule has 1 unspecified atom stereocenters. The molecule has 0 aliphatic carbocycles. The lowest BCUT2D eigenvalue weighted by atomic mass is 10.3. The highest BCUT2D eigenvalue weighted by molar-refractivity contribution is 7.16. The minimum absolute atomic E-state index is 0.0764. The first-order chi connectivity index (χ1) is 5.22. The summed E-state index contributed by atoms with van der Waals surface area (Å²) >= 11 is 0. The first-order valence-corrected chi connectivity index (χ1v) is 4.21. The van der Waals surface area contributed by atoms with E-state index in [0.717, 1.165) is 0 Å². The first-order valence-electron chi connectivity index (χ1n) is 3.39. The van der Waals surface area contributed by atoms with E-state index in [9.17, 15) is 0 Å². The van der Waals surface area contributed by atoms with Gasteiger partial charge in [0.15, 0.2) is 11.5 Å². The van der Waals surface area contributed by atoms with Gasteiger partial charge in [-0.3, -0.25) is 0 Å². The summed E-state index contributed by atoms with van der Waals surface area (Å²) in [4.78, 5) is 0. The maximum absolute atomic E-state index is 8.67. The van der Waals surface area contributed by atoms with Crippen LogP contribution < -0.4 is 0 Å². The van der Waals surface area contributed by atoms with Gasteiger partial charge in [0, 0.05) is 0 Å². The van der Waals surface area contributed by atoms with Crippen LogP contribution in [0.1, 0.15) is 6.92 Å². The van der Waals surface area contributed by atoms with Crippen LogP contribution in [0, 0.1) is 0 Å². The van der Waals surface area contributed by atoms with Crippen LogP contribution >= 0.6 is 9.24 Å². The fourth-order valence-electron chi connectivity index (χ4n) is 0.464. The monoisotopic (exact) mass is 172 g/mol. The summed E-state index contributed by atoms with van der Waals surface area (Å²) in [7, 11) is 2.58. The van der Waals surface area contributed by atoms with Crippen LogP contribution in [0.3, 0.4) is 0 Å². The number of hydrogen-bond acceptors (Lipinski definition) is 2. The quantitative estimate of drug-likeness (QED) is 0.464. The molecule has 0 bridgehead atoms. The summed E-state index contributed by atoms with van der Waals surface area (Å²) in [5, 5.41) is 17.3. The third kappa shape index (κ3) is 4.63. The van der Waals surface area contributed by atoms with Crippen LogP contribution in [0.15, 0.2) is 24.3 Å². The highest BCUT2D eigenvalue weighted by Gasteiger charge is 1.90. The van der Waals surface area contributed by atoms with E-state index < -0.39 is 0 Å². The summed E-state index contributed by atoms with van der Waals surface area (Å²) in [5.41, 5.74) is 0. The van der Waals surface area contributed by atoms with Crippen molar-refractivity contribution in [2.75, 3.05) is 6.16 Å². The van der Waals surface area contributed by atoms with E-state index in [1.807, 2.05) is 0 Å². The van der Waals surface area contributed by atoms with E-state index >= 15 is 0 Å². The molecule has 1 aromatic carbocycles. The molecule has 0 aromatic heterocycles. The van der Waals surface area contributed by atoms with Crippen molar-refractivity contribution in [3.8, 4) is 11.5 Å². The van der Waals surface area contributed by atoms with E-state index in [1.54, 1.807) is 12.1 Å². The Kier molecular flexibility index (Phi) is 5.58. The van der Waals surface area contributed by atoms with Crippen LogP contribution in [0.5, 0.6) is 11.5 Å². The number of phenols is 2. The third-order valence-corrected chi connectivity index (χ3v) is 0.882. The highest BCUT2D eigenvalue weighted by atomic mass is 31.0. The molecular weight excluding hydrogens is 159 g/mol. The number of rotatable bonds is 0. The summed E-state index contributed by atoms with van der Waals surface area (Å²) in [6.07, 6.45) is 1.17. The summed E-state index contributed by atoms with van der Waals surface area (Å²) in [6.45, 7) is 2.09. The van der Waals surface area contributed by atoms with Gasteiger partial charge in [-0.15, -0.1) is 9.24 Å². The molecule has 1 aromatic rings. The van der Waals surface area contributed by atoms with Gasteiger partial charge >= 0.3 is 0 Å². The lowest BCUT2D eigenvalue weighted by Crippen LogP contribution is -1.63. The number of hydrogen-bond donors (Lipinski definition) is 2. The minimum atomic E-state index is -0.0764. The van der Waals surface area contributed by atoms with Gasteiger partial charge in [-0.2, -0.15) is 0 Å². The Morgan fingerprint density at radius 2 is 1.45 bits per heavy atom. The van der Waals surface area contributed by atoms with E-state index in [-0.39, 0.29) is 11.5 Å². The standard InChI is InChI=1S/C6H6O2.C2H7P/c7-5-3-1-2-4-6(5)8;1-2-3/h1-4,7-8H;2-3H2,1H3. The van der Waals surface area contributed by atoms with Gasteiger partial charge in [0.25, 0.3) is 0 Å². The van der Waals surface area contributed by atoms with E-state index in [2.05, 4.69) is 16.2 Å². The van der Waals surface area contributed by atoms with Gasteiger partial charge < -0.3 is 10.2 Å². The van der Waals surface area contributed by atoms with Crippen molar-refractivity contribution < 1.29 is 10.2 Å². The van der Waals surface area contributed by atoms with Gasteiger partial charge in [0.1, 0.15) is 0 Å². The summed E-state index contributed by atoms with van der Waals surface area (Å²) in [5.74, 6) is -0.153. The van der Waals surface area contributed by atoms with Gasteiger partial charge in [-0.1, -0.05) is 19.1 Å². The number of para-hydroxylation sites is 2. The summed E-state index contributed by atoms with van der Waals surface area (Å²) < 4.78 is 0. The molecule has 0 amide bonds. The molecule has 2 N–H and O–H groups in total. The van der Waals surface area contributed by atoms with Crippen molar-refractivity contribution in [3.63, 3.8) is 0 Å². The van der Waals surface area contributed by atoms with E-state index in [0.29, 0.717) is 0 Å². The fourth-order valence-corrected chi connectivity index (χ4v) is 0.464. The predicted octanol–water partition coefficient (Wildman–Crippen LogP) is 1.98. The zero-order valence-electron chi connectivity index (χ0n) is 6.49. The van der Waals surface area contributed by atoms with Crippen molar-refractivity contribution in [1.29, 1.82) is 0 Å². The van der Waals surface area contributed by atoms with Crippen LogP contribution in [0.25, 0.3) is 0 Å². The molecule has 0 heterocycles. The SMILES string of the molecule is CCP.Oc1ccccc1O. The van der Waals surface area contributed by atoms with Gasteiger partial charge in [0.05, 0.1) is 0 Å². The molecule has 0 spiro atoms. The van der Waals surface area contributed by atoms with E-state index in [1.165, 1.54) is 18.3 Å². The van der Waals surface area contributed by atoms with Crippen molar-refractivity contribution in [2.24, 2.45) is 0 Å². The molecule has 0 aliphatic rings. The van der Waals surface area contributed by atoms with Gasteiger partial charge in [-0.25, -0.2) is 0 Å². The van der Waals surface area contributed by atoms with Crippen LogP contribution in [0.2, 0.25) is 0 Å². The molecule has 0 radical (unpaired) electrons. The normalized spacial score (nSPS) is 8.18. The van der Waals surface area contributed by atoms with Crippen molar-refractivity contribution in [3.05, 3.63) is 24.3 Å². The second kappa shape index (κ2) is 5.99. The number of benzene rings is 1. The zero-order valence-corrected chi connectivity index (χ0v) is 7.64. The second-order valence-corrected chi connectivity index (χ2v) is 2.71. The molecule has 3 heteroatoms. The number of phenolic OH excluding ortho intramolecular Hbond substituents is 2. The largest absolute Gasteiger partial charge is 0.504 e. The Bertz CT molecular complexity index is 180. The van der Waals surface area contributed by atoms with Crippen LogP contribution in [0.4, 0.5) is 0 Å². The Labute approximate surface area is 69.1 Å². The fraction of sp³-hybridized carbons (Fsp3) is 0.250. The average molecular weight is 172 g/mol. The van der Waals surface area contributed by atoms with Crippen molar-refractivity contribution in [1.82, 2.24) is 0 Å². The van der Waals surface area contributed by atoms with Gasteiger partial charge in [0.2, 0.25) is 0 Å². The minimum Gasteiger partial charge on any atom is -0.504 e. The molecule has 11 heavy (non-hydrogen) atoms. The summed E-state index contributed by atoms with van der Waals surface area (Å²) in [6, 6.07) is 6.15. The van der Waals surface area contributed by atoms with Gasteiger partial charge in [-0.05, 0) is 18.3 Å². The van der Waals surface area contributed by atoms with Crippen LogP contribution in [-0.4, -0.2) is 16.4 Å².